The van der Waals surface area contributed by atoms with E-state index in [1.54, 1.807) is 11.3 Å². The zero-order valence-corrected chi connectivity index (χ0v) is 15.9. The Kier molecular flexibility index (Phi) is 6.33. The molecule has 0 N–H and O–H groups in total. The Bertz CT molecular complexity index is 452. The first-order valence-corrected chi connectivity index (χ1v) is 9.66. The van der Waals surface area contributed by atoms with Gasteiger partial charge in [-0.05, 0) is 50.9 Å². The highest BCUT2D eigenvalue weighted by atomic mass is 79.9. The van der Waals surface area contributed by atoms with Gasteiger partial charge in [0, 0.05) is 31.5 Å². The van der Waals surface area contributed by atoms with Gasteiger partial charge in [-0.3, -0.25) is 4.79 Å². The van der Waals surface area contributed by atoms with Gasteiger partial charge in [-0.2, -0.15) is 0 Å². The summed E-state index contributed by atoms with van der Waals surface area (Å²) in [6.07, 6.45) is 1.04. The molecule has 0 bridgehead atoms. The summed E-state index contributed by atoms with van der Waals surface area (Å²) in [7, 11) is 0. The standard InChI is InChI=1S/C12H15Br3N2OS/c13-2-5-16-3-1-4-17(7-6-16)12(18)9-8-10(14)19-11(9)15/h8H,1-7H2. The Morgan fingerprint density at radius 1 is 1.26 bits per heavy atom. The van der Waals surface area contributed by atoms with Crippen LogP contribution in [0, 0.1) is 0 Å². The molecule has 1 aromatic rings. The van der Waals surface area contributed by atoms with Gasteiger partial charge in [0.15, 0.2) is 0 Å². The number of amides is 1. The van der Waals surface area contributed by atoms with Crippen molar-refractivity contribution in [1.29, 1.82) is 0 Å². The van der Waals surface area contributed by atoms with Gasteiger partial charge >= 0.3 is 0 Å². The SMILES string of the molecule is O=C(c1cc(Br)sc1Br)N1CCCN(CCBr)CC1. The molecule has 7 heteroatoms. The topological polar surface area (TPSA) is 23.6 Å². The number of carbonyl (C=O) groups excluding carboxylic acids is 1. The molecule has 0 aromatic carbocycles. The van der Waals surface area contributed by atoms with E-state index in [1.807, 2.05) is 11.0 Å². The lowest BCUT2D eigenvalue weighted by Crippen LogP contribution is -2.35. The monoisotopic (exact) mass is 472 g/mol. The maximum Gasteiger partial charge on any atom is 0.255 e. The Hall–Kier alpha value is 0.570. The van der Waals surface area contributed by atoms with Gasteiger partial charge in [-0.15, -0.1) is 11.3 Å². The Morgan fingerprint density at radius 3 is 2.68 bits per heavy atom. The second kappa shape index (κ2) is 7.54. The van der Waals surface area contributed by atoms with E-state index in [0.717, 1.165) is 57.6 Å². The smallest absolute Gasteiger partial charge is 0.255 e. The first-order chi connectivity index (χ1) is 9.11. The first kappa shape index (κ1) is 15.9. The fraction of sp³-hybridized carbons (Fsp3) is 0.583. The van der Waals surface area contributed by atoms with E-state index in [9.17, 15) is 4.79 Å². The molecule has 1 aliphatic rings. The van der Waals surface area contributed by atoms with E-state index in [1.165, 1.54) is 0 Å². The lowest BCUT2D eigenvalue weighted by molar-refractivity contribution is 0.0761. The fourth-order valence-electron chi connectivity index (χ4n) is 2.17. The number of carbonyl (C=O) groups is 1. The van der Waals surface area contributed by atoms with Crippen LogP contribution in [-0.2, 0) is 0 Å². The van der Waals surface area contributed by atoms with Gasteiger partial charge < -0.3 is 9.80 Å². The second-order valence-electron chi connectivity index (χ2n) is 4.41. The molecule has 1 saturated heterocycles. The Balaban J connectivity index is 2.02. The molecule has 19 heavy (non-hydrogen) atoms. The van der Waals surface area contributed by atoms with Gasteiger partial charge in [0.1, 0.15) is 0 Å². The average molecular weight is 475 g/mol. The minimum absolute atomic E-state index is 0.134. The van der Waals surface area contributed by atoms with Crippen LogP contribution in [0.3, 0.4) is 0 Å². The number of thiophene rings is 1. The van der Waals surface area contributed by atoms with Gasteiger partial charge in [0.25, 0.3) is 5.91 Å². The molecule has 2 heterocycles. The summed E-state index contributed by atoms with van der Waals surface area (Å²) in [6, 6.07) is 1.90. The van der Waals surface area contributed by atoms with Crippen molar-refractivity contribution >= 4 is 65.0 Å². The maximum atomic E-state index is 12.5. The van der Waals surface area contributed by atoms with Crippen molar-refractivity contribution in [2.24, 2.45) is 0 Å². The number of rotatable bonds is 3. The molecule has 0 radical (unpaired) electrons. The lowest BCUT2D eigenvalue weighted by atomic mass is 10.3. The van der Waals surface area contributed by atoms with E-state index in [4.69, 9.17) is 0 Å². The molecule has 106 valence electrons. The van der Waals surface area contributed by atoms with Crippen LogP contribution in [0.25, 0.3) is 0 Å². The minimum atomic E-state index is 0.134. The number of halogens is 3. The Labute approximate surface area is 142 Å². The zero-order valence-electron chi connectivity index (χ0n) is 10.4. The zero-order chi connectivity index (χ0) is 13.8. The molecular weight excluding hydrogens is 460 g/mol. The quantitative estimate of drug-likeness (QED) is 0.622. The summed E-state index contributed by atoms with van der Waals surface area (Å²) in [5, 5.41) is 0.990. The summed E-state index contributed by atoms with van der Waals surface area (Å²) in [6.45, 7) is 4.74. The van der Waals surface area contributed by atoms with E-state index < -0.39 is 0 Å². The van der Waals surface area contributed by atoms with Gasteiger partial charge in [-0.25, -0.2) is 0 Å². The molecule has 1 amide bonds. The Morgan fingerprint density at radius 2 is 2.05 bits per heavy atom. The van der Waals surface area contributed by atoms with E-state index >= 15 is 0 Å². The number of hydrogen-bond donors (Lipinski definition) is 0. The molecular formula is C12H15Br3N2OS. The molecule has 0 atom stereocenters. The third-order valence-corrected chi connectivity index (χ3v) is 5.86. The lowest BCUT2D eigenvalue weighted by Gasteiger charge is -2.21. The van der Waals surface area contributed by atoms with Crippen LogP contribution >= 0.6 is 59.1 Å². The van der Waals surface area contributed by atoms with E-state index in [2.05, 4.69) is 52.7 Å². The van der Waals surface area contributed by atoms with Crippen molar-refractivity contribution in [2.45, 2.75) is 6.42 Å². The third-order valence-electron chi connectivity index (χ3n) is 3.16. The van der Waals surface area contributed by atoms with Crippen LogP contribution in [0.1, 0.15) is 16.8 Å². The van der Waals surface area contributed by atoms with Crippen molar-refractivity contribution in [3.8, 4) is 0 Å². The van der Waals surface area contributed by atoms with Crippen LogP contribution in [0.15, 0.2) is 13.6 Å². The van der Waals surface area contributed by atoms with Crippen LogP contribution in [0.2, 0.25) is 0 Å². The van der Waals surface area contributed by atoms with Crippen LogP contribution in [0.4, 0.5) is 0 Å². The van der Waals surface area contributed by atoms with Crippen LogP contribution in [-0.4, -0.2) is 53.8 Å². The van der Waals surface area contributed by atoms with Crippen molar-refractivity contribution in [3.63, 3.8) is 0 Å². The molecule has 0 saturated carbocycles. The number of hydrogen-bond acceptors (Lipinski definition) is 3. The summed E-state index contributed by atoms with van der Waals surface area (Å²) in [4.78, 5) is 16.9. The second-order valence-corrected chi connectivity index (χ2v) is 8.96. The number of nitrogens with zero attached hydrogens (tertiary/aromatic N) is 2. The van der Waals surface area contributed by atoms with Gasteiger partial charge in [0.2, 0.25) is 0 Å². The summed E-state index contributed by atoms with van der Waals surface area (Å²) in [5.41, 5.74) is 0.769. The summed E-state index contributed by atoms with van der Waals surface area (Å²) >= 11 is 11.9. The highest BCUT2D eigenvalue weighted by Crippen LogP contribution is 2.32. The van der Waals surface area contributed by atoms with E-state index in [-0.39, 0.29) is 5.91 Å². The predicted molar refractivity (Wildman–Crippen MR) is 90.5 cm³/mol. The number of alkyl halides is 1. The highest BCUT2D eigenvalue weighted by Gasteiger charge is 2.22. The minimum Gasteiger partial charge on any atom is -0.337 e. The molecule has 0 aliphatic carbocycles. The predicted octanol–water partition coefficient (Wildman–Crippen LogP) is 3.82. The van der Waals surface area contributed by atoms with Crippen molar-refractivity contribution in [3.05, 3.63) is 19.2 Å². The van der Waals surface area contributed by atoms with Crippen molar-refractivity contribution < 1.29 is 4.79 Å². The molecule has 0 unspecified atom stereocenters. The van der Waals surface area contributed by atoms with Crippen molar-refractivity contribution in [1.82, 2.24) is 9.80 Å². The first-order valence-electron chi connectivity index (χ1n) is 6.14. The molecule has 1 aromatic heterocycles. The molecule has 3 nitrogen and oxygen atoms in total. The van der Waals surface area contributed by atoms with Crippen LogP contribution in [0.5, 0.6) is 0 Å². The largest absolute Gasteiger partial charge is 0.337 e. The third kappa shape index (κ3) is 4.27. The molecule has 1 aliphatic heterocycles. The van der Waals surface area contributed by atoms with E-state index in [0.29, 0.717) is 0 Å². The highest BCUT2D eigenvalue weighted by molar-refractivity contribution is 9.12. The average Bonchev–Trinajstić information content (AvgIpc) is 2.59. The van der Waals surface area contributed by atoms with Crippen molar-refractivity contribution in [2.75, 3.05) is 38.1 Å². The van der Waals surface area contributed by atoms with Gasteiger partial charge in [0.05, 0.1) is 13.1 Å². The van der Waals surface area contributed by atoms with Gasteiger partial charge in [-0.1, -0.05) is 15.9 Å². The van der Waals surface area contributed by atoms with Crippen LogP contribution < -0.4 is 0 Å². The fourth-order valence-corrected chi connectivity index (χ4v) is 5.45. The maximum absolute atomic E-state index is 12.5. The summed E-state index contributed by atoms with van der Waals surface area (Å²) in [5.74, 6) is 0.134. The molecule has 2 rings (SSSR count). The molecule has 1 fully saturated rings. The normalized spacial score (nSPS) is 17.5. The molecule has 0 spiro atoms. The summed E-state index contributed by atoms with van der Waals surface area (Å²) < 4.78 is 1.89.